The van der Waals surface area contributed by atoms with Crippen molar-refractivity contribution in [2.75, 3.05) is 0 Å². The van der Waals surface area contributed by atoms with Gasteiger partial charge in [0.1, 0.15) is 0 Å². The fourth-order valence-corrected chi connectivity index (χ4v) is 0.401. The second-order valence-corrected chi connectivity index (χ2v) is 1.56. The summed E-state index contributed by atoms with van der Waals surface area (Å²) in [5, 5.41) is 0. The van der Waals surface area contributed by atoms with Gasteiger partial charge in [-0.2, -0.15) is 0 Å². The molecular weight excluding hydrogens is 125 g/mol. The van der Waals surface area contributed by atoms with Crippen LogP contribution in [0.15, 0.2) is 12.7 Å². The molecule has 26 valence electrons. The first kappa shape index (κ1) is 5.39. The van der Waals surface area contributed by atoms with E-state index in [4.69, 9.17) is 0 Å². The number of rotatable bonds is 2. The van der Waals surface area contributed by atoms with Crippen LogP contribution >= 0.6 is 15.4 Å². The molecule has 0 heterocycles. The number of allylic oxidation sites excluding steroid dienone is 1. The van der Waals surface area contributed by atoms with E-state index in [0.29, 0.717) is 0 Å². The van der Waals surface area contributed by atoms with Crippen molar-refractivity contribution in [2.24, 2.45) is 0 Å². The average molecular weight is 130 g/mol. The molecule has 0 aromatic heterocycles. The van der Waals surface area contributed by atoms with Crippen molar-refractivity contribution in [3.05, 3.63) is 12.7 Å². The Labute approximate surface area is 42.3 Å². The van der Waals surface area contributed by atoms with Gasteiger partial charge in [0.05, 0.1) is 0 Å². The van der Waals surface area contributed by atoms with Crippen LogP contribution in [0.1, 0.15) is 0 Å². The molecule has 0 saturated carbocycles. The molecule has 0 atom stereocenters. The van der Waals surface area contributed by atoms with Gasteiger partial charge >= 0.3 is 41.7 Å². The van der Waals surface area contributed by atoms with Gasteiger partial charge in [-0.25, -0.2) is 0 Å². The van der Waals surface area contributed by atoms with E-state index in [-0.39, 0.29) is 0 Å². The molecule has 0 aliphatic heterocycles. The van der Waals surface area contributed by atoms with E-state index in [1.165, 1.54) is 0 Å². The van der Waals surface area contributed by atoms with Crippen molar-refractivity contribution in [2.45, 2.75) is 6.14 Å². The summed E-state index contributed by atoms with van der Waals surface area (Å²) in [6, 6.07) is 0. The van der Waals surface area contributed by atoms with Crippen molar-refractivity contribution in [1.29, 1.82) is 0 Å². The van der Waals surface area contributed by atoms with Crippen LogP contribution in [0.3, 0.4) is 0 Å². The zero-order chi connectivity index (χ0) is 4.12. The van der Waals surface area contributed by atoms with Gasteiger partial charge in [-0.15, -0.1) is 0 Å². The van der Waals surface area contributed by atoms with Gasteiger partial charge in [-0.1, -0.05) is 0 Å². The summed E-state index contributed by atoms with van der Waals surface area (Å²) in [6.07, 6.45) is 2.95. The van der Waals surface area contributed by atoms with E-state index in [1.54, 1.807) is 0 Å². The molecule has 0 N–H and O–H groups in total. The molecule has 5 heavy (non-hydrogen) atoms. The Hall–Kier alpha value is 0.389. The number of halogens is 1. The molecule has 0 amide bonds. The van der Waals surface area contributed by atoms with E-state index >= 15 is 0 Å². The Bertz CT molecular complexity index is 28.1. The summed E-state index contributed by atoms with van der Waals surface area (Å²) in [4.78, 5) is 0. The summed E-state index contributed by atoms with van der Waals surface area (Å²) in [5.74, 6) is 0. The average Bonchev–Trinajstić information content (AvgIpc) is 1.41. The Morgan fingerprint density at radius 2 is 2.60 bits per heavy atom. The van der Waals surface area contributed by atoms with Crippen LogP contribution in [0.25, 0.3) is 0 Å². The molecule has 0 unspecified atom stereocenters. The van der Waals surface area contributed by atoms with Crippen LogP contribution in [0.5, 0.6) is 0 Å². The maximum atomic E-state index is 3.52. The summed E-state index contributed by atoms with van der Waals surface area (Å²) < 4.78 is 0. The van der Waals surface area contributed by atoms with Gasteiger partial charge in [0.2, 0.25) is 0 Å². The molecule has 0 spiro atoms. The molecular formula is C3H5BeBr. The predicted octanol–water partition coefficient (Wildman–Crippen LogP) is 1.60. The predicted molar refractivity (Wildman–Crippen MR) is 29.7 cm³/mol. The first-order valence-electron chi connectivity index (χ1n) is 1.58. The molecule has 0 aliphatic carbocycles. The van der Waals surface area contributed by atoms with Crippen LogP contribution in [0, 0.1) is 0 Å². The second kappa shape index (κ2) is 4.39. The molecule has 0 nitrogen and oxygen atoms in total. The van der Waals surface area contributed by atoms with Crippen molar-refractivity contribution >= 4 is 22.9 Å². The molecule has 0 radical (unpaired) electrons. The summed E-state index contributed by atoms with van der Waals surface area (Å²) in [5.41, 5.74) is 0. The van der Waals surface area contributed by atoms with E-state index in [9.17, 15) is 0 Å². The molecule has 0 rings (SSSR count). The zero-order valence-corrected chi connectivity index (χ0v) is 4.66. The van der Waals surface area contributed by atoms with E-state index < -0.39 is 0 Å². The van der Waals surface area contributed by atoms with Crippen molar-refractivity contribution in [3.63, 3.8) is 0 Å². The Morgan fingerprint density at radius 1 is 2.00 bits per heavy atom. The maximum absolute atomic E-state index is 3.52. The zero-order valence-electron chi connectivity index (χ0n) is 3.08. The SMILES string of the molecule is C=C[CH2][Be][Br]. The molecule has 0 aliphatic rings. The third-order valence-corrected chi connectivity index (χ3v) is 0.771. The van der Waals surface area contributed by atoms with Gasteiger partial charge in [0.25, 0.3) is 0 Å². The van der Waals surface area contributed by atoms with Crippen LogP contribution in [0.2, 0.25) is 6.14 Å². The quantitative estimate of drug-likeness (QED) is 0.393. The Morgan fingerprint density at radius 3 is 2.60 bits per heavy atom. The molecule has 0 aromatic rings. The standard InChI is InChI=1S/C3H5.Be.BrH/c1-3-2;;/h3H,1-2H2;;1H/q;+1;/p-1. The van der Waals surface area contributed by atoms with Crippen LogP contribution in [-0.2, 0) is 0 Å². The minimum absolute atomic E-state index is 1.04. The van der Waals surface area contributed by atoms with Crippen molar-refractivity contribution < 1.29 is 0 Å². The minimum atomic E-state index is 1.04. The number of hydrogen-bond acceptors (Lipinski definition) is 0. The van der Waals surface area contributed by atoms with Gasteiger partial charge in [-0.3, -0.25) is 0 Å². The Kier molecular flexibility index (Phi) is 4.73. The normalized spacial score (nSPS) is 5.80. The topological polar surface area (TPSA) is 0 Å². The monoisotopic (exact) mass is 129 g/mol. The first-order chi connectivity index (χ1) is 2.41. The van der Waals surface area contributed by atoms with Gasteiger partial charge < -0.3 is 0 Å². The third kappa shape index (κ3) is 4.39. The summed E-state index contributed by atoms with van der Waals surface area (Å²) >= 11 is 3.24. The second-order valence-electron chi connectivity index (χ2n) is 0.766. The molecule has 0 saturated heterocycles. The molecule has 0 fully saturated rings. The van der Waals surface area contributed by atoms with Crippen molar-refractivity contribution in [3.8, 4) is 0 Å². The van der Waals surface area contributed by atoms with Crippen LogP contribution < -0.4 is 0 Å². The molecule has 0 bridgehead atoms. The third-order valence-electron chi connectivity index (χ3n) is 0.313. The van der Waals surface area contributed by atoms with E-state index in [1.807, 2.05) is 6.08 Å². The van der Waals surface area contributed by atoms with E-state index in [0.717, 1.165) is 13.6 Å². The van der Waals surface area contributed by atoms with Gasteiger partial charge in [-0.05, 0) is 0 Å². The fourth-order valence-electron chi connectivity index (χ4n) is 0.0772. The van der Waals surface area contributed by atoms with Crippen molar-refractivity contribution in [1.82, 2.24) is 0 Å². The number of hydrogen-bond donors (Lipinski definition) is 0. The van der Waals surface area contributed by atoms with Gasteiger partial charge in [0, 0.05) is 0 Å². The van der Waals surface area contributed by atoms with Crippen LogP contribution in [0.4, 0.5) is 0 Å². The van der Waals surface area contributed by atoms with Crippen LogP contribution in [-0.4, -0.2) is 7.46 Å². The molecule has 2 heteroatoms. The first-order valence-corrected chi connectivity index (χ1v) is 2.71. The van der Waals surface area contributed by atoms with Gasteiger partial charge in [0.15, 0.2) is 0 Å². The summed E-state index contributed by atoms with van der Waals surface area (Å²) in [6.45, 7) is 3.52. The molecule has 0 aromatic carbocycles. The Balaban J connectivity index is 2.40. The summed E-state index contributed by atoms with van der Waals surface area (Å²) in [7, 11) is 1.04. The fraction of sp³-hybridized carbons (Fsp3) is 0.333. The van der Waals surface area contributed by atoms with E-state index in [2.05, 4.69) is 22.0 Å².